The van der Waals surface area contributed by atoms with Crippen LogP contribution in [-0.2, 0) is 14.9 Å². The molecule has 54 heavy (non-hydrogen) atoms. The second kappa shape index (κ2) is 14.1. The van der Waals surface area contributed by atoms with Gasteiger partial charge in [-0.2, -0.15) is 4.98 Å². The van der Waals surface area contributed by atoms with Crippen LogP contribution in [0.15, 0.2) is 41.3 Å². The predicted octanol–water partition coefficient (Wildman–Crippen LogP) is 8.02. The van der Waals surface area contributed by atoms with Gasteiger partial charge in [-0.15, -0.1) is 0 Å². The van der Waals surface area contributed by atoms with Gasteiger partial charge in [-0.1, -0.05) is 38.1 Å². The van der Waals surface area contributed by atoms with Gasteiger partial charge in [0.1, 0.15) is 23.0 Å². The second-order valence-electron chi connectivity index (χ2n) is 17.1. The summed E-state index contributed by atoms with van der Waals surface area (Å²) >= 11 is 0. The first kappa shape index (κ1) is 38.3. The Labute approximate surface area is 315 Å². The van der Waals surface area contributed by atoms with E-state index in [1.807, 2.05) is 107 Å². The highest BCUT2D eigenvalue weighted by molar-refractivity contribution is 6.14. The van der Waals surface area contributed by atoms with Gasteiger partial charge in [-0.3, -0.25) is 9.78 Å². The molecule has 4 aromatic heterocycles. The van der Waals surface area contributed by atoms with Gasteiger partial charge in [-0.25, -0.2) is 24.1 Å². The lowest BCUT2D eigenvalue weighted by Gasteiger charge is -2.33. The molecule has 14 nitrogen and oxygen atoms in total. The maximum absolute atomic E-state index is 13.9. The van der Waals surface area contributed by atoms with Crippen LogP contribution in [0.25, 0.3) is 33.3 Å². The minimum atomic E-state index is -0.757. The molecule has 1 N–H and O–H groups in total. The van der Waals surface area contributed by atoms with Crippen LogP contribution < -0.4 is 5.32 Å². The number of amides is 2. The van der Waals surface area contributed by atoms with Crippen molar-refractivity contribution in [2.24, 2.45) is 0 Å². The zero-order valence-corrected chi connectivity index (χ0v) is 33.0. The summed E-state index contributed by atoms with van der Waals surface area (Å²) < 4.78 is 18.2. The number of nitrogens with one attached hydrogen (secondary N) is 1. The van der Waals surface area contributed by atoms with Crippen LogP contribution in [0.4, 0.5) is 9.59 Å². The van der Waals surface area contributed by atoms with Crippen LogP contribution >= 0.6 is 0 Å². The predicted molar refractivity (Wildman–Crippen MR) is 203 cm³/mol. The Bertz CT molecular complexity index is 2230. The van der Waals surface area contributed by atoms with Crippen molar-refractivity contribution in [1.82, 2.24) is 39.9 Å². The molecule has 0 aliphatic carbocycles. The maximum Gasteiger partial charge on any atom is 0.420 e. The zero-order chi connectivity index (χ0) is 39.3. The Morgan fingerprint density at radius 3 is 2.19 bits per heavy atom. The highest BCUT2D eigenvalue weighted by atomic mass is 16.6. The van der Waals surface area contributed by atoms with Crippen LogP contribution in [0.2, 0.25) is 0 Å². The molecule has 1 aliphatic rings. The lowest BCUT2D eigenvalue weighted by molar-refractivity contribution is 0.0204. The molecule has 2 amide bonds. The minimum absolute atomic E-state index is 0.0901. The molecular formula is C40H50N8O6. The minimum Gasteiger partial charge on any atom is -0.444 e. The van der Waals surface area contributed by atoms with Gasteiger partial charge in [0.15, 0.2) is 11.5 Å². The fraction of sp³-hybridized carbons (Fsp3) is 0.500. The summed E-state index contributed by atoms with van der Waals surface area (Å²) in [5.41, 5.74) is 3.99. The van der Waals surface area contributed by atoms with Crippen LogP contribution in [0.5, 0.6) is 0 Å². The summed E-state index contributed by atoms with van der Waals surface area (Å²) in [4.78, 5) is 59.8. The number of aryl methyl sites for hydroxylation is 1. The largest absolute Gasteiger partial charge is 0.444 e. The molecule has 0 spiro atoms. The Morgan fingerprint density at radius 1 is 0.907 bits per heavy atom. The summed E-state index contributed by atoms with van der Waals surface area (Å²) in [7, 11) is 0. The first-order valence-electron chi connectivity index (χ1n) is 18.3. The number of carbonyl (C=O) groups excluding carboxylic acids is 3. The number of benzene rings is 1. The molecule has 0 saturated carbocycles. The third-order valence-corrected chi connectivity index (χ3v) is 9.25. The van der Waals surface area contributed by atoms with Crippen LogP contribution in [0.1, 0.15) is 127 Å². The normalized spacial score (nSPS) is 15.1. The molecule has 286 valence electrons. The number of pyridine rings is 1. The number of piperidine rings is 1. The van der Waals surface area contributed by atoms with Crippen LogP contribution in [0.3, 0.4) is 0 Å². The van der Waals surface area contributed by atoms with Crippen molar-refractivity contribution in [3.05, 3.63) is 65.2 Å². The number of nitrogens with zero attached hydrogens (tertiary/aromatic N) is 7. The van der Waals surface area contributed by atoms with E-state index in [0.29, 0.717) is 46.7 Å². The molecule has 5 aromatic rings. The van der Waals surface area contributed by atoms with E-state index in [-0.39, 0.29) is 29.4 Å². The van der Waals surface area contributed by atoms with Gasteiger partial charge in [0.05, 0.1) is 22.6 Å². The SMILES string of the molecule is Cc1cc(-c2ncnc3c2c2ncc(C4CCN(C(=O)OC(C)(C)C)CC4)cc2n3C(=O)OC(C)(C)C)ccc1[C@@H](C)NC(=O)c1nc(C(C)(C)C)no1. The number of likely N-dealkylation sites (tertiary alicyclic amines) is 1. The molecule has 14 heteroatoms. The number of aromatic nitrogens is 6. The van der Waals surface area contributed by atoms with Crippen LogP contribution in [-0.4, -0.2) is 76.9 Å². The molecule has 1 atom stereocenters. The average Bonchev–Trinajstić information content (AvgIpc) is 3.71. The van der Waals surface area contributed by atoms with Crippen molar-refractivity contribution in [3.8, 4) is 11.3 Å². The number of hydrogen-bond donors (Lipinski definition) is 1. The zero-order valence-electron chi connectivity index (χ0n) is 33.0. The number of carbonyl (C=O) groups is 3. The smallest absolute Gasteiger partial charge is 0.420 e. The lowest BCUT2D eigenvalue weighted by Crippen LogP contribution is -2.41. The molecule has 0 unspecified atom stereocenters. The quantitative estimate of drug-likeness (QED) is 0.185. The fourth-order valence-corrected chi connectivity index (χ4v) is 6.63. The Kier molecular flexibility index (Phi) is 10.0. The van der Waals surface area contributed by atoms with E-state index in [9.17, 15) is 14.4 Å². The molecule has 1 saturated heterocycles. The first-order valence-corrected chi connectivity index (χ1v) is 18.3. The molecular weight excluding hydrogens is 688 g/mol. The summed E-state index contributed by atoms with van der Waals surface area (Å²) in [6.45, 7) is 21.8. The monoisotopic (exact) mass is 738 g/mol. The molecule has 1 aliphatic heterocycles. The molecule has 5 heterocycles. The van der Waals surface area contributed by atoms with E-state index in [2.05, 4.69) is 20.4 Å². The van der Waals surface area contributed by atoms with Crippen molar-refractivity contribution < 1.29 is 28.4 Å². The first-order chi connectivity index (χ1) is 25.2. The van der Waals surface area contributed by atoms with Gasteiger partial charge < -0.3 is 24.2 Å². The van der Waals surface area contributed by atoms with E-state index in [4.69, 9.17) is 24.0 Å². The van der Waals surface area contributed by atoms with Gasteiger partial charge in [0.2, 0.25) is 0 Å². The van der Waals surface area contributed by atoms with E-state index >= 15 is 0 Å². The Balaban J connectivity index is 1.33. The van der Waals surface area contributed by atoms with Crippen molar-refractivity contribution >= 4 is 40.2 Å². The number of ether oxygens (including phenoxy) is 2. The van der Waals surface area contributed by atoms with Crippen molar-refractivity contribution in [2.75, 3.05) is 13.1 Å². The highest BCUT2D eigenvalue weighted by Crippen LogP contribution is 2.37. The second-order valence-corrected chi connectivity index (χ2v) is 17.1. The van der Waals surface area contributed by atoms with Gasteiger partial charge in [-0.05, 0) is 103 Å². The Hall–Kier alpha value is -5.40. The number of rotatable bonds is 5. The van der Waals surface area contributed by atoms with Gasteiger partial charge >= 0.3 is 24.0 Å². The van der Waals surface area contributed by atoms with Crippen molar-refractivity contribution in [1.29, 1.82) is 0 Å². The van der Waals surface area contributed by atoms with Crippen LogP contribution in [0, 0.1) is 6.92 Å². The van der Waals surface area contributed by atoms with E-state index < -0.39 is 23.2 Å². The molecule has 0 bridgehead atoms. The van der Waals surface area contributed by atoms with Gasteiger partial charge in [0.25, 0.3) is 0 Å². The summed E-state index contributed by atoms with van der Waals surface area (Å²) in [5, 5.41) is 7.54. The van der Waals surface area contributed by atoms with E-state index in [1.165, 1.54) is 10.9 Å². The lowest BCUT2D eigenvalue weighted by atomic mass is 9.90. The average molecular weight is 739 g/mol. The van der Waals surface area contributed by atoms with Crippen molar-refractivity contribution in [3.63, 3.8) is 0 Å². The fourth-order valence-electron chi connectivity index (χ4n) is 6.63. The maximum atomic E-state index is 13.9. The molecule has 0 radical (unpaired) electrons. The molecule has 1 aromatic carbocycles. The summed E-state index contributed by atoms with van der Waals surface area (Å²) in [6, 6.07) is 7.49. The van der Waals surface area contributed by atoms with Crippen molar-refractivity contribution in [2.45, 2.75) is 118 Å². The molecule has 1 fully saturated rings. The Morgan fingerprint density at radius 2 is 1.57 bits per heavy atom. The third-order valence-electron chi connectivity index (χ3n) is 9.25. The topological polar surface area (TPSA) is 167 Å². The standard InChI is InChI=1S/C40H50N8O6/c1-22-18-25(12-13-27(22)23(2)44-33(49)34-45-35(46-54-34)38(3,4)5)30-29-31-28(48(32(29)43-21-42-30)37(51)53-40(9,10)11)19-26(20-41-31)24-14-16-47(17-15-24)36(50)52-39(6,7)8/h12-13,18-21,23-24H,14-17H2,1-11H3,(H,44,49)/t23-/m1/s1. The number of hydrogen-bond acceptors (Lipinski definition) is 11. The third kappa shape index (κ3) is 8.07. The number of fused-ring (bicyclic) bond motifs is 3. The summed E-state index contributed by atoms with van der Waals surface area (Å²) in [5.74, 6) is 0.0267. The summed E-state index contributed by atoms with van der Waals surface area (Å²) in [6.07, 6.45) is 3.85. The molecule has 6 rings (SSSR count). The highest BCUT2D eigenvalue weighted by Gasteiger charge is 2.31. The van der Waals surface area contributed by atoms with Gasteiger partial charge in [0, 0.05) is 30.3 Å². The van der Waals surface area contributed by atoms with E-state index in [0.717, 1.165) is 35.1 Å². The van der Waals surface area contributed by atoms with E-state index in [1.54, 1.807) is 4.90 Å².